The van der Waals surface area contributed by atoms with E-state index in [2.05, 4.69) is 48.4 Å². The van der Waals surface area contributed by atoms with Crippen LogP contribution < -0.4 is 0 Å². The third-order valence-electron chi connectivity index (χ3n) is 2.57. The van der Waals surface area contributed by atoms with Crippen molar-refractivity contribution in [2.75, 3.05) is 26.3 Å². The van der Waals surface area contributed by atoms with Gasteiger partial charge in [0.25, 0.3) is 0 Å². The van der Waals surface area contributed by atoms with Crippen molar-refractivity contribution in [2.45, 2.75) is 6.92 Å². The Morgan fingerprint density at radius 1 is 1.27 bits per heavy atom. The summed E-state index contributed by atoms with van der Waals surface area (Å²) in [4.78, 5) is 2.30. The van der Waals surface area contributed by atoms with Crippen molar-refractivity contribution in [3.8, 4) is 0 Å². The molecule has 0 aromatic heterocycles. The van der Waals surface area contributed by atoms with Crippen LogP contribution in [0.4, 0.5) is 0 Å². The quantitative estimate of drug-likeness (QED) is 0.731. The molecule has 0 unspecified atom stereocenters. The molecule has 1 aromatic carbocycles. The Labute approximate surface area is 91.2 Å². The first-order valence-corrected chi connectivity index (χ1v) is 5.41. The second-order valence-electron chi connectivity index (χ2n) is 3.88. The molecule has 1 fully saturated rings. The van der Waals surface area contributed by atoms with Gasteiger partial charge in [-0.2, -0.15) is 0 Å². The summed E-state index contributed by atoms with van der Waals surface area (Å²) in [7, 11) is 0. The number of hydrogen-bond donors (Lipinski definition) is 0. The fourth-order valence-electron chi connectivity index (χ4n) is 1.69. The molecule has 15 heavy (non-hydrogen) atoms. The monoisotopic (exact) mass is 203 g/mol. The van der Waals surface area contributed by atoms with Gasteiger partial charge >= 0.3 is 0 Å². The van der Waals surface area contributed by atoms with Gasteiger partial charge in [-0.25, -0.2) is 0 Å². The first-order chi connectivity index (χ1) is 7.34. The summed E-state index contributed by atoms with van der Waals surface area (Å²) < 4.78 is 5.30. The molecule has 80 valence electrons. The van der Waals surface area contributed by atoms with E-state index in [1.165, 1.54) is 11.1 Å². The normalized spacial score (nSPS) is 17.3. The van der Waals surface area contributed by atoms with Gasteiger partial charge in [-0.05, 0) is 24.8 Å². The lowest BCUT2D eigenvalue weighted by atomic mass is 10.1. The lowest BCUT2D eigenvalue weighted by Crippen LogP contribution is -2.31. The minimum absolute atomic E-state index is 0.845. The highest BCUT2D eigenvalue weighted by Gasteiger charge is 2.04. The van der Waals surface area contributed by atoms with Crippen molar-refractivity contribution in [1.82, 2.24) is 4.90 Å². The SMILES string of the molecule is Cc1cccc(/C=C/N2CCOCC2)c1. The van der Waals surface area contributed by atoms with E-state index >= 15 is 0 Å². The number of aryl methyl sites for hydroxylation is 1. The molecule has 1 saturated heterocycles. The third kappa shape index (κ3) is 3.10. The molecule has 2 heteroatoms. The van der Waals surface area contributed by atoms with E-state index in [9.17, 15) is 0 Å². The fourth-order valence-corrected chi connectivity index (χ4v) is 1.69. The van der Waals surface area contributed by atoms with Crippen molar-refractivity contribution in [3.63, 3.8) is 0 Å². The van der Waals surface area contributed by atoms with Crippen LogP contribution >= 0.6 is 0 Å². The van der Waals surface area contributed by atoms with Crippen LogP contribution in [0.3, 0.4) is 0 Å². The van der Waals surface area contributed by atoms with E-state index in [1.807, 2.05) is 0 Å². The van der Waals surface area contributed by atoms with Gasteiger partial charge in [0.05, 0.1) is 13.2 Å². The first kappa shape index (κ1) is 10.2. The Kier molecular flexibility index (Phi) is 3.41. The van der Waals surface area contributed by atoms with Crippen molar-refractivity contribution in [2.24, 2.45) is 0 Å². The molecule has 0 spiro atoms. The molecular formula is C13H17NO. The van der Waals surface area contributed by atoms with Crippen molar-refractivity contribution < 1.29 is 4.74 Å². The third-order valence-corrected chi connectivity index (χ3v) is 2.57. The van der Waals surface area contributed by atoms with Gasteiger partial charge in [-0.3, -0.25) is 0 Å². The standard InChI is InChI=1S/C13H17NO/c1-12-3-2-4-13(11-12)5-6-14-7-9-15-10-8-14/h2-6,11H,7-10H2,1H3/b6-5+. The molecule has 0 radical (unpaired) electrons. The minimum atomic E-state index is 0.845. The second kappa shape index (κ2) is 4.99. The largest absolute Gasteiger partial charge is 0.378 e. The Bertz CT molecular complexity index is 340. The van der Waals surface area contributed by atoms with Gasteiger partial charge in [-0.1, -0.05) is 29.8 Å². The van der Waals surface area contributed by atoms with Crippen molar-refractivity contribution >= 4 is 6.08 Å². The molecule has 1 aliphatic rings. The van der Waals surface area contributed by atoms with Crippen LogP contribution in [0.25, 0.3) is 6.08 Å². The summed E-state index contributed by atoms with van der Waals surface area (Å²) in [5.74, 6) is 0. The van der Waals surface area contributed by atoms with Crippen LogP contribution in [-0.4, -0.2) is 31.2 Å². The highest BCUT2D eigenvalue weighted by Crippen LogP contribution is 2.07. The van der Waals surface area contributed by atoms with E-state index in [4.69, 9.17) is 4.74 Å². The average Bonchev–Trinajstić information content (AvgIpc) is 2.28. The van der Waals surface area contributed by atoms with E-state index in [0.717, 1.165) is 26.3 Å². The van der Waals surface area contributed by atoms with Gasteiger partial charge in [-0.15, -0.1) is 0 Å². The zero-order chi connectivity index (χ0) is 10.5. The number of benzene rings is 1. The summed E-state index contributed by atoms with van der Waals surface area (Å²) in [5, 5.41) is 0. The summed E-state index contributed by atoms with van der Waals surface area (Å²) in [6.45, 7) is 5.81. The van der Waals surface area contributed by atoms with Crippen LogP contribution in [0.1, 0.15) is 11.1 Å². The zero-order valence-corrected chi connectivity index (χ0v) is 9.15. The predicted octanol–water partition coefficient (Wildman–Crippen LogP) is 2.30. The molecule has 0 saturated carbocycles. The molecule has 0 N–H and O–H groups in total. The van der Waals surface area contributed by atoms with E-state index in [1.54, 1.807) is 0 Å². The second-order valence-corrected chi connectivity index (χ2v) is 3.88. The maximum atomic E-state index is 5.30. The molecule has 0 atom stereocenters. The van der Waals surface area contributed by atoms with Crippen LogP contribution in [0.15, 0.2) is 30.5 Å². The Balaban J connectivity index is 1.97. The molecular weight excluding hydrogens is 186 g/mol. The minimum Gasteiger partial charge on any atom is -0.378 e. The molecule has 1 heterocycles. The number of rotatable bonds is 2. The molecule has 2 rings (SSSR count). The average molecular weight is 203 g/mol. The van der Waals surface area contributed by atoms with Crippen LogP contribution in [0.2, 0.25) is 0 Å². The topological polar surface area (TPSA) is 12.5 Å². The summed E-state index contributed by atoms with van der Waals surface area (Å²) >= 11 is 0. The van der Waals surface area contributed by atoms with Gasteiger partial charge in [0.1, 0.15) is 0 Å². The number of morpholine rings is 1. The fraction of sp³-hybridized carbons (Fsp3) is 0.385. The van der Waals surface area contributed by atoms with E-state index in [0.29, 0.717) is 0 Å². The highest BCUT2D eigenvalue weighted by molar-refractivity contribution is 5.49. The van der Waals surface area contributed by atoms with Gasteiger partial charge < -0.3 is 9.64 Å². The molecule has 0 amide bonds. The Hall–Kier alpha value is -1.28. The van der Waals surface area contributed by atoms with E-state index < -0.39 is 0 Å². The molecule has 0 bridgehead atoms. The summed E-state index contributed by atoms with van der Waals surface area (Å²) in [6, 6.07) is 8.53. The van der Waals surface area contributed by atoms with Gasteiger partial charge in [0, 0.05) is 13.1 Å². The number of nitrogens with zero attached hydrogens (tertiary/aromatic N) is 1. The Morgan fingerprint density at radius 2 is 2.07 bits per heavy atom. The molecule has 0 aliphatic carbocycles. The summed E-state index contributed by atoms with van der Waals surface area (Å²) in [5.41, 5.74) is 2.57. The summed E-state index contributed by atoms with van der Waals surface area (Å²) in [6.07, 6.45) is 4.33. The highest BCUT2D eigenvalue weighted by atomic mass is 16.5. The van der Waals surface area contributed by atoms with Crippen LogP contribution in [0.5, 0.6) is 0 Å². The van der Waals surface area contributed by atoms with Gasteiger partial charge in [0.2, 0.25) is 0 Å². The molecule has 1 aliphatic heterocycles. The predicted molar refractivity (Wildman–Crippen MR) is 62.6 cm³/mol. The molecule has 2 nitrogen and oxygen atoms in total. The number of hydrogen-bond acceptors (Lipinski definition) is 2. The number of ether oxygens (including phenoxy) is 1. The molecule has 1 aromatic rings. The van der Waals surface area contributed by atoms with E-state index in [-0.39, 0.29) is 0 Å². The van der Waals surface area contributed by atoms with Crippen molar-refractivity contribution in [1.29, 1.82) is 0 Å². The lowest BCUT2D eigenvalue weighted by Gasteiger charge is -2.24. The maximum Gasteiger partial charge on any atom is 0.0642 e. The maximum absolute atomic E-state index is 5.30. The lowest BCUT2D eigenvalue weighted by molar-refractivity contribution is 0.0597. The van der Waals surface area contributed by atoms with Crippen molar-refractivity contribution in [3.05, 3.63) is 41.6 Å². The Morgan fingerprint density at radius 3 is 2.80 bits per heavy atom. The smallest absolute Gasteiger partial charge is 0.0642 e. The van der Waals surface area contributed by atoms with Gasteiger partial charge in [0.15, 0.2) is 0 Å². The zero-order valence-electron chi connectivity index (χ0n) is 9.15. The first-order valence-electron chi connectivity index (χ1n) is 5.41. The van der Waals surface area contributed by atoms with Crippen LogP contribution in [-0.2, 0) is 4.74 Å². The van der Waals surface area contributed by atoms with Crippen LogP contribution in [0, 0.1) is 6.92 Å².